The van der Waals surface area contributed by atoms with Gasteiger partial charge in [0.25, 0.3) is 0 Å². The van der Waals surface area contributed by atoms with Gasteiger partial charge in [0.1, 0.15) is 0 Å². The zero-order valence-corrected chi connectivity index (χ0v) is 17.9. The van der Waals surface area contributed by atoms with Gasteiger partial charge >= 0.3 is 6.18 Å². The Morgan fingerprint density at radius 2 is 0.970 bits per heavy atom. The van der Waals surface area contributed by atoms with Crippen molar-refractivity contribution >= 4 is 34.9 Å². The fourth-order valence-corrected chi connectivity index (χ4v) is 3.15. The molecular formula is C24H21F3N6. The zero-order valence-electron chi connectivity index (χ0n) is 17.9. The van der Waals surface area contributed by atoms with E-state index in [4.69, 9.17) is 0 Å². The summed E-state index contributed by atoms with van der Waals surface area (Å²) in [6, 6.07) is 20.2. The number of benzene rings is 3. The van der Waals surface area contributed by atoms with Gasteiger partial charge in [-0.1, -0.05) is 30.3 Å². The fraction of sp³-hybridized carbons (Fsp3) is 0.125. The molecule has 0 aliphatic heterocycles. The second-order valence-corrected chi connectivity index (χ2v) is 7.50. The molecule has 168 valence electrons. The van der Waals surface area contributed by atoms with Crippen molar-refractivity contribution in [1.82, 2.24) is 15.0 Å². The van der Waals surface area contributed by atoms with E-state index < -0.39 is 11.7 Å². The minimum Gasteiger partial charge on any atom is -0.324 e. The Morgan fingerprint density at radius 3 is 1.36 bits per heavy atom. The molecule has 0 unspecified atom stereocenters. The molecule has 0 saturated carbocycles. The van der Waals surface area contributed by atoms with Crippen molar-refractivity contribution in [3.63, 3.8) is 0 Å². The summed E-state index contributed by atoms with van der Waals surface area (Å²) in [4.78, 5) is 13.1. The predicted molar refractivity (Wildman–Crippen MR) is 123 cm³/mol. The Hall–Kier alpha value is -4.14. The fourth-order valence-electron chi connectivity index (χ4n) is 3.15. The maximum atomic E-state index is 13.1. The third-order valence-electron chi connectivity index (χ3n) is 4.63. The summed E-state index contributed by atoms with van der Waals surface area (Å²) in [6.45, 7) is 3.92. The van der Waals surface area contributed by atoms with Crippen molar-refractivity contribution in [3.05, 3.63) is 89.5 Å². The lowest BCUT2D eigenvalue weighted by atomic mass is 10.2. The van der Waals surface area contributed by atoms with Gasteiger partial charge in [-0.3, -0.25) is 0 Å². The number of aryl methyl sites for hydroxylation is 2. The van der Waals surface area contributed by atoms with Gasteiger partial charge in [-0.15, -0.1) is 0 Å². The van der Waals surface area contributed by atoms with Gasteiger partial charge in [-0.2, -0.15) is 28.1 Å². The molecule has 0 radical (unpaired) electrons. The van der Waals surface area contributed by atoms with Crippen LogP contribution in [0.15, 0.2) is 72.8 Å². The van der Waals surface area contributed by atoms with Crippen LogP contribution in [0.3, 0.4) is 0 Å². The van der Waals surface area contributed by atoms with Gasteiger partial charge in [0.15, 0.2) is 0 Å². The van der Waals surface area contributed by atoms with E-state index in [1.54, 1.807) is 0 Å². The maximum Gasteiger partial charge on any atom is 0.416 e. The Bertz CT molecular complexity index is 1210. The number of anilines is 6. The average molecular weight is 450 g/mol. The molecule has 0 spiro atoms. The van der Waals surface area contributed by atoms with E-state index in [9.17, 15) is 13.2 Å². The lowest BCUT2D eigenvalue weighted by Crippen LogP contribution is -2.08. The van der Waals surface area contributed by atoms with Crippen LogP contribution in [-0.2, 0) is 6.18 Å². The molecule has 0 amide bonds. The van der Waals surface area contributed by atoms with Crippen molar-refractivity contribution in [2.24, 2.45) is 0 Å². The van der Waals surface area contributed by atoms with Crippen molar-refractivity contribution in [3.8, 4) is 0 Å². The number of aromatic nitrogens is 3. The first kappa shape index (κ1) is 22.1. The van der Waals surface area contributed by atoms with Gasteiger partial charge in [-0.05, 0) is 67.4 Å². The molecule has 1 heterocycles. The zero-order chi connectivity index (χ0) is 23.4. The number of alkyl halides is 3. The van der Waals surface area contributed by atoms with Crippen molar-refractivity contribution in [1.29, 1.82) is 0 Å². The molecular weight excluding hydrogens is 429 g/mol. The maximum absolute atomic E-state index is 13.1. The first-order chi connectivity index (χ1) is 15.7. The molecule has 33 heavy (non-hydrogen) atoms. The highest BCUT2D eigenvalue weighted by Gasteiger charge is 2.30. The van der Waals surface area contributed by atoms with Crippen LogP contribution in [-0.4, -0.2) is 15.0 Å². The largest absolute Gasteiger partial charge is 0.416 e. The van der Waals surface area contributed by atoms with Crippen LogP contribution in [0.1, 0.15) is 16.7 Å². The number of halogens is 3. The van der Waals surface area contributed by atoms with Crippen LogP contribution < -0.4 is 16.0 Å². The molecule has 0 fully saturated rings. The Labute approximate surface area is 189 Å². The van der Waals surface area contributed by atoms with E-state index in [0.717, 1.165) is 34.6 Å². The molecule has 3 N–H and O–H groups in total. The standard InChI is InChI=1S/C24H21F3N6/c1-15-6-3-9-18(12-15)28-21-31-22(29-19-10-4-7-16(2)13-19)33-23(32-21)30-20-11-5-8-17(14-20)24(25,26)27/h3-14H,1-2H3,(H3,28,29,30,31,32,33). The molecule has 6 nitrogen and oxygen atoms in total. The summed E-state index contributed by atoms with van der Waals surface area (Å²) in [6.07, 6.45) is -4.45. The van der Waals surface area contributed by atoms with Gasteiger partial charge in [0.05, 0.1) is 5.56 Å². The lowest BCUT2D eigenvalue weighted by Gasteiger charge is -2.13. The minimum atomic E-state index is -4.45. The van der Waals surface area contributed by atoms with Crippen LogP contribution in [0.4, 0.5) is 48.1 Å². The Morgan fingerprint density at radius 1 is 0.576 bits per heavy atom. The molecule has 4 aromatic rings. The number of hydrogen-bond acceptors (Lipinski definition) is 6. The monoisotopic (exact) mass is 450 g/mol. The van der Waals surface area contributed by atoms with E-state index in [1.165, 1.54) is 12.1 Å². The number of hydrogen-bond donors (Lipinski definition) is 3. The predicted octanol–water partition coefficient (Wildman–Crippen LogP) is 6.74. The van der Waals surface area contributed by atoms with Crippen LogP contribution >= 0.6 is 0 Å². The number of nitrogens with zero attached hydrogens (tertiary/aromatic N) is 3. The Balaban J connectivity index is 1.67. The minimum absolute atomic E-state index is 0.0923. The van der Waals surface area contributed by atoms with E-state index in [1.807, 2.05) is 62.4 Å². The van der Waals surface area contributed by atoms with E-state index >= 15 is 0 Å². The van der Waals surface area contributed by atoms with Crippen molar-refractivity contribution in [2.45, 2.75) is 20.0 Å². The summed E-state index contributed by atoms with van der Waals surface area (Å²) in [5, 5.41) is 9.09. The second-order valence-electron chi connectivity index (χ2n) is 7.50. The van der Waals surface area contributed by atoms with Gasteiger partial charge in [-0.25, -0.2) is 0 Å². The second kappa shape index (κ2) is 9.15. The molecule has 0 aliphatic carbocycles. The first-order valence-corrected chi connectivity index (χ1v) is 10.1. The summed E-state index contributed by atoms with van der Waals surface area (Å²) in [5.74, 6) is 0.565. The summed E-state index contributed by atoms with van der Waals surface area (Å²) >= 11 is 0. The third-order valence-corrected chi connectivity index (χ3v) is 4.63. The van der Waals surface area contributed by atoms with E-state index in [2.05, 4.69) is 30.9 Å². The summed E-state index contributed by atoms with van der Waals surface area (Å²) < 4.78 is 39.3. The van der Waals surface area contributed by atoms with Gasteiger partial charge in [0, 0.05) is 17.1 Å². The SMILES string of the molecule is Cc1cccc(Nc2nc(Nc3cccc(C)c3)nc(Nc3cccc(C(F)(F)F)c3)n2)c1. The van der Waals surface area contributed by atoms with Crippen LogP contribution in [0.2, 0.25) is 0 Å². The quantitative estimate of drug-likeness (QED) is 0.302. The van der Waals surface area contributed by atoms with Crippen LogP contribution in [0.5, 0.6) is 0 Å². The Kier molecular flexibility index (Phi) is 6.12. The molecule has 3 aromatic carbocycles. The lowest BCUT2D eigenvalue weighted by molar-refractivity contribution is -0.137. The van der Waals surface area contributed by atoms with Crippen molar-refractivity contribution < 1.29 is 13.2 Å². The molecule has 0 atom stereocenters. The summed E-state index contributed by atoms with van der Waals surface area (Å²) in [7, 11) is 0. The molecule has 4 rings (SSSR count). The number of nitrogens with one attached hydrogen (secondary N) is 3. The first-order valence-electron chi connectivity index (χ1n) is 10.1. The highest BCUT2D eigenvalue weighted by atomic mass is 19.4. The summed E-state index contributed by atoms with van der Waals surface area (Å²) in [5.41, 5.74) is 3.08. The van der Waals surface area contributed by atoms with Crippen LogP contribution in [0.25, 0.3) is 0 Å². The van der Waals surface area contributed by atoms with Gasteiger partial charge < -0.3 is 16.0 Å². The smallest absolute Gasteiger partial charge is 0.324 e. The third kappa shape index (κ3) is 5.97. The average Bonchev–Trinajstić information content (AvgIpc) is 2.73. The van der Waals surface area contributed by atoms with Crippen molar-refractivity contribution in [2.75, 3.05) is 16.0 Å². The van der Waals surface area contributed by atoms with E-state index in [-0.39, 0.29) is 23.5 Å². The van der Waals surface area contributed by atoms with Gasteiger partial charge in [0.2, 0.25) is 17.8 Å². The van der Waals surface area contributed by atoms with E-state index in [0.29, 0.717) is 0 Å². The molecule has 0 bridgehead atoms. The number of rotatable bonds is 6. The highest BCUT2D eigenvalue weighted by molar-refractivity contribution is 5.62. The highest BCUT2D eigenvalue weighted by Crippen LogP contribution is 2.31. The topological polar surface area (TPSA) is 74.8 Å². The molecule has 9 heteroatoms. The van der Waals surface area contributed by atoms with Crippen LogP contribution in [0, 0.1) is 13.8 Å². The molecule has 0 saturated heterocycles. The molecule has 0 aliphatic rings. The normalized spacial score (nSPS) is 11.2. The molecule has 1 aromatic heterocycles.